The number of H-pyrrole nitrogens is 1. The molecule has 1 aliphatic heterocycles. The first-order valence-corrected chi connectivity index (χ1v) is 11.8. The van der Waals surface area contributed by atoms with Gasteiger partial charge in [-0.05, 0) is 32.3 Å². The number of ether oxygens (including phenoxy) is 1. The van der Waals surface area contributed by atoms with E-state index < -0.39 is 10.0 Å². The second-order valence-electron chi connectivity index (χ2n) is 8.05. The van der Waals surface area contributed by atoms with E-state index in [1.165, 1.54) is 10.6 Å². The molecule has 0 radical (unpaired) electrons. The molecule has 0 aromatic carbocycles. The highest BCUT2D eigenvalue weighted by Crippen LogP contribution is 2.34. The molecular weight excluding hydrogens is 406 g/mol. The first-order valence-electron chi connectivity index (χ1n) is 9.99. The largest absolute Gasteiger partial charge is 0.486 e. The van der Waals surface area contributed by atoms with Crippen LogP contribution in [0.3, 0.4) is 0 Å². The third kappa shape index (κ3) is 4.12. The molecule has 2 atom stereocenters. The van der Waals surface area contributed by atoms with Gasteiger partial charge in [-0.1, -0.05) is 6.92 Å². The lowest BCUT2D eigenvalue weighted by atomic mass is 9.95. The van der Waals surface area contributed by atoms with Crippen molar-refractivity contribution in [3.8, 4) is 16.9 Å². The van der Waals surface area contributed by atoms with Gasteiger partial charge in [-0.3, -0.25) is 5.10 Å². The lowest BCUT2D eigenvalue weighted by Gasteiger charge is -2.35. The zero-order chi connectivity index (χ0) is 21.5. The van der Waals surface area contributed by atoms with Gasteiger partial charge in [0.2, 0.25) is 16.0 Å². The quantitative estimate of drug-likeness (QED) is 0.610. The molecule has 0 unspecified atom stereocenters. The molecule has 0 bridgehead atoms. The first kappa shape index (κ1) is 20.6. The van der Waals surface area contributed by atoms with Gasteiger partial charge >= 0.3 is 0 Å². The van der Waals surface area contributed by atoms with Crippen LogP contribution in [0.5, 0.6) is 5.75 Å². The van der Waals surface area contributed by atoms with E-state index in [-0.39, 0.29) is 18.1 Å². The molecule has 162 valence electrons. The molecule has 2 N–H and O–H groups in total. The van der Waals surface area contributed by atoms with Gasteiger partial charge in [0, 0.05) is 42.7 Å². The SMILES string of the molecule is CC(C)Oc1c(-c2cn[nH]c2)ccn2nc(N[C@H]3CCN(S(C)(=O)=O)C[C@H]3C)nc12. The number of hydrogen-bond acceptors (Lipinski definition) is 7. The minimum Gasteiger partial charge on any atom is -0.486 e. The van der Waals surface area contributed by atoms with Crippen molar-refractivity contribution in [2.45, 2.75) is 39.3 Å². The summed E-state index contributed by atoms with van der Waals surface area (Å²) in [6, 6.07) is 2.02. The van der Waals surface area contributed by atoms with Crippen LogP contribution >= 0.6 is 0 Å². The highest BCUT2D eigenvalue weighted by atomic mass is 32.2. The number of anilines is 1. The molecule has 4 heterocycles. The maximum Gasteiger partial charge on any atom is 0.243 e. The second-order valence-corrected chi connectivity index (χ2v) is 10.0. The first-order chi connectivity index (χ1) is 14.2. The molecule has 0 spiro atoms. The summed E-state index contributed by atoms with van der Waals surface area (Å²) in [6.07, 6.45) is 7.32. The van der Waals surface area contributed by atoms with Crippen molar-refractivity contribution >= 4 is 21.6 Å². The van der Waals surface area contributed by atoms with Crippen molar-refractivity contribution in [3.05, 3.63) is 24.7 Å². The van der Waals surface area contributed by atoms with E-state index in [9.17, 15) is 8.42 Å². The Bertz CT molecular complexity index is 1120. The fourth-order valence-corrected chi connectivity index (χ4v) is 4.69. The minimum atomic E-state index is -3.17. The number of fused-ring (bicyclic) bond motifs is 1. The van der Waals surface area contributed by atoms with Crippen LogP contribution in [0.1, 0.15) is 27.2 Å². The molecule has 3 aromatic heterocycles. The van der Waals surface area contributed by atoms with Crippen LogP contribution < -0.4 is 10.1 Å². The van der Waals surface area contributed by atoms with E-state index in [2.05, 4.69) is 25.6 Å². The Morgan fingerprint density at radius 3 is 2.80 bits per heavy atom. The topological polar surface area (TPSA) is 118 Å². The number of nitrogens with zero attached hydrogens (tertiary/aromatic N) is 5. The Kier molecular flexibility index (Phi) is 5.41. The number of nitrogens with one attached hydrogen (secondary N) is 2. The molecule has 0 aliphatic carbocycles. The number of pyridine rings is 1. The standard InChI is InChI=1S/C19H27N7O3S/c1-12(2)29-17-15(14-9-20-21-10-14)5-8-26-18(17)23-19(24-26)22-16-6-7-25(11-13(16)3)30(4,27)28/h5,8-10,12-13,16H,6-7,11H2,1-4H3,(H,20,21)(H,22,24)/t13-,16+/m1/s1. The van der Waals surface area contributed by atoms with Crippen LogP contribution in [0.2, 0.25) is 0 Å². The van der Waals surface area contributed by atoms with Crippen molar-refractivity contribution in [1.82, 2.24) is 29.1 Å². The molecule has 10 nitrogen and oxygen atoms in total. The third-order valence-electron chi connectivity index (χ3n) is 5.28. The minimum absolute atomic E-state index is 0.0321. The Labute approximate surface area is 175 Å². The van der Waals surface area contributed by atoms with Gasteiger partial charge in [0.05, 0.1) is 18.6 Å². The maximum atomic E-state index is 11.8. The normalized spacial score (nSPS) is 20.7. The second kappa shape index (κ2) is 7.88. The Morgan fingerprint density at radius 1 is 1.37 bits per heavy atom. The average molecular weight is 434 g/mol. The maximum absolute atomic E-state index is 11.8. The Hall–Kier alpha value is -2.66. The predicted molar refractivity (Wildman–Crippen MR) is 114 cm³/mol. The number of aromatic amines is 1. The van der Waals surface area contributed by atoms with E-state index in [1.807, 2.05) is 39.2 Å². The molecule has 1 saturated heterocycles. The zero-order valence-electron chi connectivity index (χ0n) is 17.5. The lowest BCUT2D eigenvalue weighted by molar-refractivity contribution is 0.245. The van der Waals surface area contributed by atoms with E-state index >= 15 is 0 Å². The van der Waals surface area contributed by atoms with E-state index in [0.29, 0.717) is 36.9 Å². The number of rotatable bonds is 6. The van der Waals surface area contributed by atoms with Crippen LogP contribution in [-0.4, -0.2) is 69.0 Å². The fraction of sp³-hybridized carbons (Fsp3) is 0.526. The predicted octanol–water partition coefficient (Wildman–Crippen LogP) is 1.99. The number of aromatic nitrogens is 5. The molecule has 0 saturated carbocycles. The fourth-order valence-electron chi connectivity index (χ4n) is 3.75. The summed E-state index contributed by atoms with van der Waals surface area (Å²) in [5, 5.41) is 14.8. The molecule has 0 amide bonds. The van der Waals surface area contributed by atoms with Gasteiger partial charge in [-0.25, -0.2) is 17.2 Å². The number of piperidine rings is 1. The van der Waals surface area contributed by atoms with Gasteiger partial charge in [0.25, 0.3) is 0 Å². The van der Waals surface area contributed by atoms with Crippen LogP contribution in [0.15, 0.2) is 24.7 Å². The average Bonchev–Trinajstić information content (AvgIpc) is 3.32. The van der Waals surface area contributed by atoms with Crippen LogP contribution in [0.4, 0.5) is 5.95 Å². The summed E-state index contributed by atoms with van der Waals surface area (Å²) >= 11 is 0. The van der Waals surface area contributed by atoms with E-state index in [1.54, 1.807) is 10.7 Å². The number of hydrogen-bond donors (Lipinski definition) is 2. The third-order valence-corrected chi connectivity index (χ3v) is 6.55. The molecular formula is C19H27N7O3S. The van der Waals surface area contributed by atoms with Crippen LogP contribution in [0.25, 0.3) is 16.8 Å². The van der Waals surface area contributed by atoms with Gasteiger partial charge in [-0.2, -0.15) is 10.1 Å². The van der Waals surface area contributed by atoms with Gasteiger partial charge in [-0.15, -0.1) is 5.10 Å². The lowest BCUT2D eigenvalue weighted by Crippen LogP contribution is -2.47. The summed E-state index contributed by atoms with van der Waals surface area (Å²) in [6.45, 7) is 6.94. The van der Waals surface area contributed by atoms with E-state index in [4.69, 9.17) is 4.74 Å². The smallest absolute Gasteiger partial charge is 0.243 e. The summed E-state index contributed by atoms with van der Waals surface area (Å²) in [7, 11) is -3.17. The highest BCUT2D eigenvalue weighted by Gasteiger charge is 2.31. The van der Waals surface area contributed by atoms with Crippen LogP contribution in [-0.2, 0) is 10.0 Å². The van der Waals surface area contributed by atoms with E-state index in [0.717, 1.165) is 11.1 Å². The summed E-state index contributed by atoms with van der Waals surface area (Å²) < 4.78 is 33.0. The molecule has 1 fully saturated rings. The molecule has 11 heteroatoms. The van der Waals surface area contributed by atoms with Crippen LogP contribution in [0, 0.1) is 5.92 Å². The van der Waals surface area contributed by atoms with Crippen molar-refractivity contribution in [2.24, 2.45) is 5.92 Å². The van der Waals surface area contributed by atoms with Crippen molar-refractivity contribution < 1.29 is 13.2 Å². The van der Waals surface area contributed by atoms with Gasteiger partial charge in [0.15, 0.2) is 11.4 Å². The van der Waals surface area contributed by atoms with Crippen molar-refractivity contribution in [2.75, 3.05) is 24.7 Å². The molecule has 4 rings (SSSR count). The Morgan fingerprint density at radius 2 is 2.17 bits per heavy atom. The molecule has 3 aromatic rings. The molecule has 1 aliphatic rings. The summed E-state index contributed by atoms with van der Waals surface area (Å²) in [4.78, 5) is 4.69. The molecule has 30 heavy (non-hydrogen) atoms. The monoisotopic (exact) mass is 433 g/mol. The summed E-state index contributed by atoms with van der Waals surface area (Å²) in [5.41, 5.74) is 2.41. The van der Waals surface area contributed by atoms with Crippen molar-refractivity contribution in [1.29, 1.82) is 0 Å². The Balaban J connectivity index is 1.62. The summed E-state index contributed by atoms with van der Waals surface area (Å²) in [5.74, 6) is 1.28. The highest BCUT2D eigenvalue weighted by molar-refractivity contribution is 7.88. The van der Waals surface area contributed by atoms with Gasteiger partial charge < -0.3 is 10.1 Å². The zero-order valence-corrected chi connectivity index (χ0v) is 18.3. The van der Waals surface area contributed by atoms with Crippen molar-refractivity contribution in [3.63, 3.8) is 0 Å². The number of sulfonamides is 1. The van der Waals surface area contributed by atoms with Gasteiger partial charge in [0.1, 0.15) is 0 Å².